The number of hydrogen-bond acceptors (Lipinski definition) is 5. The highest BCUT2D eigenvalue weighted by molar-refractivity contribution is 5.13. The lowest BCUT2D eigenvalue weighted by molar-refractivity contribution is 0.596. The average Bonchev–Trinajstić information content (AvgIpc) is 2.29. The number of aromatic nitrogens is 1. The summed E-state index contributed by atoms with van der Waals surface area (Å²) in [6, 6.07) is 6.15. The fourth-order valence-electron chi connectivity index (χ4n) is 1.93. The molecule has 1 aromatic heterocycles. The van der Waals surface area contributed by atoms with E-state index in [1.54, 1.807) is 0 Å². The first-order chi connectivity index (χ1) is 8.65. The van der Waals surface area contributed by atoms with Gasteiger partial charge in [0, 0.05) is 36.3 Å². The summed E-state index contributed by atoms with van der Waals surface area (Å²) in [5.41, 5.74) is 24.9. The molecule has 1 heterocycles. The van der Waals surface area contributed by atoms with Gasteiger partial charge in [-0.25, -0.2) is 0 Å². The van der Waals surface area contributed by atoms with Crippen LogP contribution in [0.4, 0.5) is 0 Å². The SMILES string of the molecule is NCCC(N)Cc1cccc(CC(N)CCN)n1. The van der Waals surface area contributed by atoms with Gasteiger partial charge in [-0.3, -0.25) is 4.98 Å². The van der Waals surface area contributed by atoms with Crippen molar-refractivity contribution < 1.29 is 0 Å². The van der Waals surface area contributed by atoms with Crippen molar-refractivity contribution in [1.29, 1.82) is 0 Å². The van der Waals surface area contributed by atoms with Crippen molar-refractivity contribution in [3.05, 3.63) is 29.6 Å². The highest BCUT2D eigenvalue weighted by atomic mass is 14.8. The third-order valence-electron chi connectivity index (χ3n) is 2.88. The first-order valence-electron chi connectivity index (χ1n) is 6.51. The molecule has 2 atom stereocenters. The second-order valence-corrected chi connectivity index (χ2v) is 4.70. The van der Waals surface area contributed by atoms with Gasteiger partial charge in [-0.1, -0.05) is 6.07 Å². The predicted octanol–water partition coefficient (Wildman–Crippen LogP) is -0.481. The van der Waals surface area contributed by atoms with E-state index in [2.05, 4.69) is 4.98 Å². The lowest BCUT2D eigenvalue weighted by Gasteiger charge is -2.12. The van der Waals surface area contributed by atoms with Gasteiger partial charge in [0.25, 0.3) is 0 Å². The Labute approximate surface area is 109 Å². The third kappa shape index (κ3) is 5.55. The van der Waals surface area contributed by atoms with Crippen LogP contribution in [0.2, 0.25) is 0 Å². The summed E-state index contributed by atoms with van der Waals surface area (Å²) in [5, 5.41) is 0. The first-order valence-corrected chi connectivity index (χ1v) is 6.51. The minimum Gasteiger partial charge on any atom is -0.330 e. The Morgan fingerprint density at radius 3 is 1.72 bits per heavy atom. The van der Waals surface area contributed by atoms with Crippen LogP contribution in [0, 0.1) is 0 Å². The molecule has 0 bridgehead atoms. The van der Waals surface area contributed by atoms with Crippen molar-refractivity contribution in [2.45, 2.75) is 37.8 Å². The molecule has 1 aromatic rings. The lowest BCUT2D eigenvalue weighted by Crippen LogP contribution is -2.28. The zero-order valence-electron chi connectivity index (χ0n) is 10.9. The third-order valence-corrected chi connectivity index (χ3v) is 2.88. The average molecular weight is 251 g/mol. The molecule has 0 radical (unpaired) electrons. The molecule has 0 fully saturated rings. The Morgan fingerprint density at radius 1 is 0.889 bits per heavy atom. The van der Waals surface area contributed by atoms with E-state index in [1.165, 1.54) is 0 Å². The Balaban J connectivity index is 2.56. The monoisotopic (exact) mass is 251 g/mol. The fourth-order valence-corrected chi connectivity index (χ4v) is 1.93. The van der Waals surface area contributed by atoms with Gasteiger partial charge in [-0.2, -0.15) is 0 Å². The molecule has 0 saturated heterocycles. The molecule has 2 unspecified atom stereocenters. The van der Waals surface area contributed by atoms with E-state index < -0.39 is 0 Å². The Bertz CT molecular complexity index is 313. The van der Waals surface area contributed by atoms with E-state index in [4.69, 9.17) is 22.9 Å². The van der Waals surface area contributed by atoms with Crippen molar-refractivity contribution >= 4 is 0 Å². The summed E-state index contributed by atoms with van der Waals surface area (Å²) < 4.78 is 0. The quantitative estimate of drug-likeness (QED) is 0.498. The van der Waals surface area contributed by atoms with Crippen LogP contribution in [0.15, 0.2) is 18.2 Å². The standard InChI is InChI=1S/C13H25N5/c14-6-4-10(16)8-12-2-1-3-13(18-12)9-11(17)5-7-15/h1-3,10-11H,4-9,14-17H2. The second kappa shape index (κ2) is 8.16. The molecule has 0 spiro atoms. The summed E-state index contributed by atoms with van der Waals surface area (Å²) in [6.07, 6.45) is 3.16. The van der Waals surface area contributed by atoms with Crippen molar-refractivity contribution in [2.24, 2.45) is 22.9 Å². The first kappa shape index (κ1) is 15.0. The maximum atomic E-state index is 5.95. The molecule has 0 saturated carbocycles. The zero-order chi connectivity index (χ0) is 13.4. The molecule has 102 valence electrons. The van der Waals surface area contributed by atoms with Crippen LogP contribution in [0.3, 0.4) is 0 Å². The highest BCUT2D eigenvalue weighted by Gasteiger charge is 2.07. The zero-order valence-corrected chi connectivity index (χ0v) is 10.9. The van der Waals surface area contributed by atoms with Crippen LogP contribution in [0.1, 0.15) is 24.2 Å². The van der Waals surface area contributed by atoms with Crippen molar-refractivity contribution in [3.63, 3.8) is 0 Å². The number of rotatable bonds is 8. The molecule has 5 heteroatoms. The summed E-state index contributed by atoms with van der Waals surface area (Å²) >= 11 is 0. The largest absolute Gasteiger partial charge is 0.330 e. The molecule has 0 aliphatic heterocycles. The van der Waals surface area contributed by atoms with E-state index in [9.17, 15) is 0 Å². The summed E-state index contributed by atoms with van der Waals surface area (Å²) in [6.45, 7) is 1.23. The van der Waals surface area contributed by atoms with Crippen LogP contribution in [-0.2, 0) is 12.8 Å². The maximum absolute atomic E-state index is 5.95. The van der Waals surface area contributed by atoms with Crippen LogP contribution in [-0.4, -0.2) is 30.2 Å². The molecule has 0 aliphatic rings. The minimum atomic E-state index is 0.0791. The molecule has 18 heavy (non-hydrogen) atoms. The summed E-state index contributed by atoms with van der Waals surface area (Å²) in [4.78, 5) is 4.58. The van der Waals surface area contributed by atoms with E-state index in [0.717, 1.165) is 37.1 Å². The van der Waals surface area contributed by atoms with Crippen LogP contribution >= 0.6 is 0 Å². The van der Waals surface area contributed by atoms with E-state index >= 15 is 0 Å². The van der Waals surface area contributed by atoms with Gasteiger partial charge in [0.2, 0.25) is 0 Å². The molecule has 0 aliphatic carbocycles. The number of hydrogen-bond donors (Lipinski definition) is 4. The van der Waals surface area contributed by atoms with Gasteiger partial charge < -0.3 is 22.9 Å². The second-order valence-electron chi connectivity index (χ2n) is 4.70. The van der Waals surface area contributed by atoms with Gasteiger partial charge in [-0.15, -0.1) is 0 Å². The van der Waals surface area contributed by atoms with Gasteiger partial charge in [-0.05, 0) is 38.1 Å². The van der Waals surface area contributed by atoms with Crippen LogP contribution < -0.4 is 22.9 Å². The molecule has 5 nitrogen and oxygen atoms in total. The molecule has 1 rings (SSSR count). The van der Waals surface area contributed by atoms with E-state index in [-0.39, 0.29) is 12.1 Å². The normalized spacial score (nSPS) is 14.4. The topological polar surface area (TPSA) is 117 Å². The molecule has 0 aromatic carbocycles. The fraction of sp³-hybridized carbons (Fsp3) is 0.615. The van der Waals surface area contributed by atoms with Crippen molar-refractivity contribution in [1.82, 2.24) is 4.98 Å². The number of nitrogens with zero attached hydrogens (tertiary/aromatic N) is 1. The summed E-state index contributed by atoms with van der Waals surface area (Å²) in [7, 11) is 0. The molecular formula is C13H25N5. The van der Waals surface area contributed by atoms with Crippen LogP contribution in [0.5, 0.6) is 0 Å². The Morgan fingerprint density at radius 2 is 1.33 bits per heavy atom. The highest BCUT2D eigenvalue weighted by Crippen LogP contribution is 2.06. The van der Waals surface area contributed by atoms with Crippen molar-refractivity contribution in [3.8, 4) is 0 Å². The minimum absolute atomic E-state index is 0.0791. The molecular weight excluding hydrogens is 226 g/mol. The van der Waals surface area contributed by atoms with Gasteiger partial charge in [0.15, 0.2) is 0 Å². The van der Waals surface area contributed by atoms with Gasteiger partial charge in [0.1, 0.15) is 0 Å². The van der Waals surface area contributed by atoms with Crippen LogP contribution in [0.25, 0.3) is 0 Å². The molecule has 8 N–H and O–H groups in total. The number of pyridine rings is 1. The van der Waals surface area contributed by atoms with Gasteiger partial charge >= 0.3 is 0 Å². The predicted molar refractivity (Wildman–Crippen MR) is 74.9 cm³/mol. The smallest absolute Gasteiger partial charge is 0.0422 e. The summed E-state index contributed by atoms with van der Waals surface area (Å²) in [5.74, 6) is 0. The molecule has 0 amide bonds. The number of nitrogens with two attached hydrogens (primary N) is 4. The Hall–Kier alpha value is -1.01. The maximum Gasteiger partial charge on any atom is 0.0422 e. The lowest BCUT2D eigenvalue weighted by atomic mass is 10.1. The van der Waals surface area contributed by atoms with E-state index in [1.807, 2.05) is 18.2 Å². The van der Waals surface area contributed by atoms with E-state index in [0.29, 0.717) is 13.1 Å². The van der Waals surface area contributed by atoms with Crippen molar-refractivity contribution in [2.75, 3.05) is 13.1 Å². The Kier molecular flexibility index (Phi) is 6.82. The van der Waals surface area contributed by atoms with Gasteiger partial charge in [0.05, 0.1) is 0 Å².